The molecule has 166 valence electrons. The minimum Gasteiger partial charge on any atom is -0.379 e. The van der Waals surface area contributed by atoms with Gasteiger partial charge in [0.25, 0.3) is 0 Å². The zero-order valence-corrected chi connectivity index (χ0v) is 20.1. The van der Waals surface area contributed by atoms with E-state index in [1.54, 1.807) is 23.9 Å². The Morgan fingerprint density at radius 3 is 2.39 bits per heavy atom. The van der Waals surface area contributed by atoms with E-state index < -0.39 is 10.0 Å². The zero-order chi connectivity index (χ0) is 22.2. The highest BCUT2D eigenvalue weighted by molar-refractivity contribution is 7.98. The van der Waals surface area contributed by atoms with Gasteiger partial charge in [0, 0.05) is 24.5 Å². The van der Waals surface area contributed by atoms with E-state index in [2.05, 4.69) is 44.4 Å². The summed E-state index contributed by atoms with van der Waals surface area (Å²) in [6, 6.07) is 9.71. The lowest BCUT2D eigenvalue weighted by Crippen LogP contribution is -2.40. The first-order chi connectivity index (χ1) is 14.8. The summed E-state index contributed by atoms with van der Waals surface area (Å²) in [7, 11) is -3.54. The van der Waals surface area contributed by atoms with Gasteiger partial charge in [0.05, 0.1) is 34.9 Å². The Hall–Kier alpha value is -1.87. The van der Waals surface area contributed by atoms with Gasteiger partial charge in [0.1, 0.15) is 5.82 Å². The van der Waals surface area contributed by atoms with Gasteiger partial charge in [0.2, 0.25) is 10.0 Å². The molecule has 2 heterocycles. The number of ether oxygens (including phenoxy) is 1. The van der Waals surface area contributed by atoms with E-state index in [9.17, 15) is 8.42 Å². The summed E-state index contributed by atoms with van der Waals surface area (Å²) in [5.41, 5.74) is 5.52. The first kappa shape index (κ1) is 22.3. The summed E-state index contributed by atoms with van der Waals surface area (Å²) < 4.78 is 35.0. The van der Waals surface area contributed by atoms with Gasteiger partial charge in [-0.05, 0) is 57.0 Å². The van der Waals surface area contributed by atoms with Crippen molar-refractivity contribution in [2.24, 2.45) is 0 Å². The standard InChI is InChI=1S/C23H29N3O3S2/c1-5-26-21-7-6-19(31(27,28)25-8-10-29-11-9-25)14-20(21)24-22(26)15-30-23-17(3)12-16(2)13-18(23)4/h6-7,12-14H,5,8-11,15H2,1-4H3. The second-order valence-corrected chi connectivity index (χ2v) is 10.9. The van der Waals surface area contributed by atoms with Crippen LogP contribution in [-0.2, 0) is 27.1 Å². The predicted octanol–water partition coefficient (Wildman–Crippen LogP) is 4.29. The molecular formula is C23H29N3O3S2. The number of rotatable bonds is 6. The Morgan fingerprint density at radius 2 is 1.74 bits per heavy atom. The number of aryl methyl sites for hydroxylation is 4. The van der Waals surface area contributed by atoms with Crippen LogP contribution in [0, 0.1) is 20.8 Å². The molecule has 0 aliphatic carbocycles. The van der Waals surface area contributed by atoms with E-state index in [0.29, 0.717) is 31.2 Å². The fourth-order valence-electron chi connectivity index (χ4n) is 4.25. The van der Waals surface area contributed by atoms with Gasteiger partial charge in [-0.2, -0.15) is 4.31 Å². The third-order valence-corrected chi connectivity index (χ3v) is 8.90. The topological polar surface area (TPSA) is 64.4 Å². The molecule has 3 aromatic rings. The summed E-state index contributed by atoms with van der Waals surface area (Å²) in [5, 5.41) is 0. The Balaban J connectivity index is 1.65. The number of morpholine rings is 1. The molecule has 1 fully saturated rings. The highest BCUT2D eigenvalue weighted by atomic mass is 32.2. The maximum Gasteiger partial charge on any atom is 0.243 e. The number of hydrogen-bond donors (Lipinski definition) is 0. The van der Waals surface area contributed by atoms with Crippen molar-refractivity contribution < 1.29 is 13.2 Å². The first-order valence-electron chi connectivity index (χ1n) is 10.6. The van der Waals surface area contributed by atoms with Crippen molar-refractivity contribution in [1.29, 1.82) is 0 Å². The molecule has 1 aromatic heterocycles. The van der Waals surface area contributed by atoms with Gasteiger partial charge in [-0.15, -0.1) is 11.8 Å². The van der Waals surface area contributed by atoms with E-state index in [-0.39, 0.29) is 0 Å². The van der Waals surface area contributed by atoms with Crippen molar-refractivity contribution in [1.82, 2.24) is 13.9 Å². The van der Waals surface area contributed by atoms with Gasteiger partial charge in [-0.25, -0.2) is 13.4 Å². The maximum absolute atomic E-state index is 13.0. The van der Waals surface area contributed by atoms with Crippen LogP contribution in [0.15, 0.2) is 40.1 Å². The van der Waals surface area contributed by atoms with Crippen LogP contribution in [0.1, 0.15) is 29.4 Å². The minimum atomic E-state index is -3.54. The molecule has 0 saturated carbocycles. The van der Waals surface area contributed by atoms with Crippen LogP contribution in [0.5, 0.6) is 0 Å². The second-order valence-electron chi connectivity index (χ2n) is 7.96. The number of thioether (sulfide) groups is 1. The lowest BCUT2D eigenvalue weighted by molar-refractivity contribution is 0.0730. The molecule has 1 aliphatic rings. The van der Waals surface area contributed by atoms with Crippen molar-refractivity contribution in [3.8, 4) is 0 Å². The molecule has 0 unspecified atom stereocenters. The SMILES string of the molecule is CCn1c(CSc2c(C)cc(C)cc2C)nc2cc(S(=O)(=O)N3CCOCC3)ccc21. The quantitative estimate of drug-likeness (QED) is 0.515. The Labute approximate surface area is 188 Å². The Bertz CT molecular complexity index is 1190. The monoisotopic (exact) mass is 459 g/mol. The molecule has 0 amide bonds. The molecule has 0 radical (unpaired) electrons. The zero-order valence-electron chi connectivity index (χ0n) is 18.5. The largest absolute Gasteiger partial charge is 0.379 e. The lowest BCUT2D eigenvalue weighted by atomic mass is 10.1. The molecule has 4 rings (SSSR count). The molecule has 0 atom stereocenters. The van der Waals surface area contributed by atoms with E-state index in [1.165, 1.54) is 25.9 Å². The van der Waals surface area contributed by atoms with Crippen LogP contribution in [0.25, 0.3) is 11.0 Å². The summed E-state index contributed by atoms with van der Waals surface area (Å²) in [6.07, 6.45) is 0. The highest BCUT2D eigenvalue weighted by Gasteiger charge is 2.27. The number of fused-ring (bicyclic) bond motifs is 1. The van der Waals surface area contributed by atoms with Crippen LogP contribution in [0.4, 0.5) is 0 Å². The number of nitrogens with zero attached hydrogens (tertiary/aromatic N) is 3. The van der Waals surface area contributed by atoms with Crippen LogP contribution in [0.3, 0.4) is 0 Å². The smallest absolute Gasteiger partial charge is 0.243 e. The molecule has 31 heavy (non-hydrogen) atoms. The summed E-state index contributed by atoms with van der Waals surface area (Å²) >= 11 is 1.79. The fourth-order valence-corrected chi connectivity index (χ4v) is 6.75. The van der Waals surface area contributed by atoms with Gasteiger partial charge < -0.3 is 9.30 Å². The van der Waals surface area contributed by atoms with Gasteiger partial charge in [0.15, 0.2) is 0 Å². The van der Waals surface area contributed by atoms with Crippen LogP contribution < -0.4 is 0 Å². The predicted molar refractivity (Wildman–Crippen MR) is 125 cm³/mol. The molecular weight excluding hydrogens is 430 g/mol. The normalized spacial score (nSPS) is 15.6. The lowest BCUT2D eigenvalue weighted by Gasteiger charge is -2.26. The Morgan fingerprint density at radius 1 is 1.06 bits per heavy atom. The van der Waals surface area contributed by atoms with Crippen molar-refractivity contribution in [3.63, 3.8) is 0 Å². The minimum absolute atomic E-state index is 0.298. The van der Waals surface area contributed by atoms with Crippen molar-refractivity contribution in [3.05, 3.63) is 52.8 Å². The molecule has 1 aliphatic heterocycles. The molecule has 0 N–H and O–H groups in total. The highest BCUT2D eigenvalue weighted by Crippen LogP contribution is 2.31. The van der Waals surface area contributed by atoms with Gasteiger partial charge in [-0.1, -0.05) is 17.7 Å². The number of benzene rings is 2. The molecule has 1 saturated heterocycles. The van der Waals surface area contributed by atoms with Crippen molar-refractivity contribution in [2.75, 3.05) is 26.3 Å². The third-order valence-electron chi connectivity index (χ3n) is 5.67. The van der Waals surface area contributed by atoms with E-state index >= 15 is 0 Å². The van der Waals surface area contributed by atoms with Crippen LogP contribution in [0.2, 0.25) is 0 Å². The summed E-state index contributed by atoms with van der Waals surface area (Å²) in [6.45, 7) is 10.9. The summed E-state index contributed by atoms with van der Waals surface area (Å²) in [5.74, 6) is 1.70. The number of hydrogen-bond acceptors (Lipinski definition) is 5. The number of aromatic nitrogens is 2. The molecule has 0 bridgehead atoms. The number of sulfonamides is 1. The van der Waals surface area contributed by atoms with E-state index in [1.807, 2.05) is 6.07 Å². The van der Waals surface area contributed by atoms with Gasteiger partial charge in [-0.3, -0.25) is 0 Å². The molecule has 6 nitrogen and oxygen atoms in total. The van der Waals surface area contributed by atoms with Crippen molar-refractivity contribution >= 4 is 32.8 Å². The fraction of sp³-hybridized carbons (Fsp3) is 0.435. The molecule has 8 heteroatoms. The third kappa shape index (κ3) is 4.39. The average molecular weight is 460 g/mol. The van der Waals surface area contributed by atoms with E-state index in [4.69, 9.17) is 9.72 Å². The van der Waals surface area contributed by atoms with Crippen LogP contribution >= 0.6 is 11.8 Å². The van der Waals surface area contributed by atoms with Gasteiger partial charge >= 0.3 is 0 Å². The van der Waals surface area contributed by atoms with Crippen molar-refractivity contribution in [2.45, 2.75) is 49.8 Å². The van der Waals surface area contributed by atoms with E-state index in [0.717, 1.165) is 29.2 Å². The first-order valence-corrected chi connectivity index (χ1v) is 13.0. The average Bonchev–Trinajstić information content (AvgIpc) is 3.10. The second kappa shape index (κ2) is 8.94. The Kier molecular flexibility index (Phi) is 6.44. The molecule has 0 spiro atoms. The maximum atomic E-state index is 13.0. The van der Waals surface area contributed by atoms with Crippen LogP contribution in [-0.4, -0.2) is 48.6 Å². The molecule has 2 aromatic carbocycles. The summed E-state index contributed by atoms with van der Waals surface area (Å²) in [4.78, 5) is 6.42. The number of imidazole rings is 1.